The molecule has 0 aliphatic carbocycles. The van der Waals surface area contributed by atoms with E-state index in [1.54, 1.807) is 20.2 Å². The molecule has 3 rings (SSSR count). The molecule has 0 saturated carbocycles. The molecule has 0 saturated heterocycles. The molecule has 2 aromatic rings. The zero-order valence-electron chi connectivity index (χ0n) is 15.7. The number of likely N-dealkylation sites (N-methyl/N-ethyl adjacent to an activating group) is 1. The molecule has 1 aromatic heterocycles. The van der Waals surface area contributed by atoms with E-state index in [9.17, 15) is 13.2 Å². The predicted octanol–water partition coefficient (Wildman–Crippen LogP) is 2.60. The van der Waals surface area contributed by atoms with Gasteiger partial charge in [0.1, 0.15) is 5.04 Å². The molecule has 0 N–H and O–H groups in total. The third-order valence-electron chi connectivity index (χ3n) is 4.07. The maximum atomic E-state index is 12.6. The molecule has 0 bridgehead atoms. The molecule has 146 valence electrons. The van der Waals surface area contributed by atoms with Gasteiger partial charge in [-0.05, 0) is 24.6 Å². The lowest BCUT2D eigenvalue weighted by atomic mass is 10.1. The lowest BCUT2D eigenvalue weighted by Crippen LogP contribution is -2.34. The number of hydrogen-bond acceptors (Lipinski definition) is 6. The summed E-state index contributed by atoms with van der Waals surface area (Å²) in [6.07, 6.45) is 3.00. The zero-order chi connectivity index (χ0) is 20.3. The molecular formula is C19H20N4O3S2. The second-order valence-corrected chi connectivity index (χ2v) is 9.07. The number of benzene rings is 1. The van der Waals surface area contributed by atoms with E-state index in [1.165, 1.54) is 4.90 Å². The second-order valence-electron chi connectivity index (χ2n) is 6.38. The number of hydrogen-bond donors (Lipinski definition) is 0. The van der Waals surface area contributed by atoms with E-state index < -0.39 is 15.5 Å². The minimum atomic E-state index is -3.51. The molecule has 2 heterocycles. The number of pyridine rings is 1. The Kier molecular flexibility index (Phi) is 5.95. The molecule has 0 spiro atoms. The zero-order valence-corrected chi connectivity index (χ0v) is 17.4. The topological polar surface area (TPSA) is 92.1 Å². The van der Waals surface area contributed by atoms with Crippen LogP contribution in [0.5, 0.6) is 0 Å². The third-order valence-corrected chi connectivity index (χ3v) is 5.95. The van der Waals surface area contributed by atoms with Crippen molar-refractivity contribution >= 4 is 38.4 Å². The van der Waals surface area contributed by atoms with Crippen molar-refractivity contribution in [2.45, 2.75) is 18.8 Å². The minimum Gasteiger partial charge on any atom is -0.314 e. The summed E-state index contributed by atoms with van der Waals surface area (Å²) >= 11 is 1.16. The summed E-state index contributed by atoms with van der Waals surface area (Å²) in [6.45, 7) is 1.69. The molecule has 9 heteroatoms. The first-order valence-corrected chi connectivity index (χ1v) is 11.2. The van der Waals surface area contributed by atoms with Gasteiger partial charge in [0.2, 0.25) is 5.91 Å². The number of amides is 1. The molecule has 1 aliphatic heterocycles. The molecule has 1 aliphatic rings. The van der Waals surface area contributed by atoms with Crippen molar-refractivity contribution in [3.63, 3.8) is 0 Å². The second kappa shape index (κ2) is 8.24. The smallest absolute Gasteiger partial charge is 0.251 e. The average Bonchev–Trinajstić information content (AvgIpc) is 3.01. The van der Waals surface area contributed by atoms with Gasteiger partial charge in [0.05, 0.1) is 24.1 Å². The highest BCUT2D eigenvalue weighted by atomic mass is 32.2. The highest BCUT2D eigenvalue weighted by molar-refractivity contribution is 8.17. The molecule has 1 amide bonds. The molecule has 0 fully saturated rings. The van der Waals surface area contributed by atoms with Crippen molar-refractivity contribution in [1.82, 2.24) is 9.88 Å². The van der Waals surface area contributed by atoms with Crippen LogP contribution in [0.3, 0.4) is 0 Å². The number of thioether (sulfide) groups is 1. The number of carbonyl (C=O) groups excluding carboxylic acids is 1. The summed E-state index contributed by atoms with van der Waals surface area (Å²) in [5, 5.41) is 0.326. The Balaban J connectivity index is 1.66. The van der Waals surface area contributed by atoms with Crippen molar-refractivity contribution in [3.8, 4) is 11.3 Å². The normalized spacial score (nSPS) is 18.2. The summed E-state index contributed by atoms with van der Waals surface area (Å²) < 4.78 is 26.4. The maximum Gasteiger partial charge on any atom is 0.251 e. The number of rotatable bonds is 5. The van der Waals surface area contributed by atoms with Gasteiger partial charge in [0.15, 0.2) is 5.50 Å². The Labute approximate surface area is 168 Å². The third kappa shape index (κ3) is 5.05. The highest BCUT2D eigenvalue weighted by Crippen LogP contribution is 2.27. The van der Waals surface area contributed by atoms with Gasteiger partial charge in [-0.25, -0.2) is 8.42 Å². The van der Waals surface area contributed by atoms with Gasteiger partial charge in [-0.3, -0.25) is 14.8 Å². The number of sulfonamides is 1. The first-order chi connectivity index (χ1) is 13.2. The van der Waals surface area contributed by atoms with E-state index in [1.807, 2.05) is 42.5 Å². The van der Waals surface area contributed by atoms with Crippen LogP contribution in [0.25, 0.3) is 11.3 Å². The van der Waals surface area contributed by atoms with Gasteiger partial charge in [-0.2, -0.15) is 4.40 Å². The Morgan fingerprint density at radius 1 is 1.21 bits per heavy atom. The molecular weight excluding hydrogens is 396 g/mol. The lowest BCUT2D eigenvalue weighted by molar-refractivity contribution is -0.129. The highest BCUT2D eigenvalue weighted by Gasteiger charge is 2.29. The first kappa shape index (κ1) is 20.2. The maximum absolute atomic E-state index is 12.6. The predicted molar refractivity (Wildman–Crippen MR) is 113 cm³/mol. The first-order valence-electron chi connectivity index (χ1n) is 8.50. The summed E-state index contributed by atoms with van der Waals surface area (Å²) in [7, 11) is -1.85. The van der Waals surface area contributed by atoms with Crippen molar-refractivity contribution in [2.24, 2.45) is 9.39 Å². The van der Waals surface area contributed by atoms with Crippen LogP contribution in [0, 0.1) is 0 Å². The van der Waals surface area contributed by atoms with Crippen LogP contribution in [0.2, 0.25) is 0 Å². The molecule has 0 radical (unpaired) electrons. The van der Waals surface area contributed by atoms with Gasteiger partial charge in [0, 0.05) is 18.8 Å². The van der Waals surface area contributed by atoms with Crippen LogP contribution in [-0.4, -0.2) is 53.8 Å². The van der Waals surface area contributed by atoms with Crippen LogP contribution < -0.4 is 0 Å². The number of nitrogens with zero attached hydrogens (tertiary/aromatic N) is 4. The van der Waals surface area contributed by atoms with Gasteiger partial charge < -0.3 is 4.90 Å². The largest absolute Gasteiger partial charge is 0.314 e. The summed E-state index contributed by atoms with van der Waals surface area (Å²) in [5.41, 5.74) is 2.74. The van der Waals surface area contributed by atoms with Crippen molar-refractivity contribution < 1.29 is 13.2 Å². The fourth-order valence-electron chi connectivity index (χ4n) is 2.59. The van der Waals surface area contributed by atoms with E-state index in [0.29, 0.717) is 10.8 Å². The molecule has 1 atom stereocenters. The number of aliphatic imine (C=N–C) groups is 1. The Morgan fingerprint density at radius 2 is 1.93 bits per heavy atom. The summed E-state index contributed by atoms with van der Waals surface area (Å²) in [6, 6.07) is 13.4. The van der Waals surface area contributed by atoms with Crippen molar-refractivity contribution in [3.05, 3.63) is 54.2 Å². The van der Waals surface area contributed by atoms with Crippen molar-refractivity contribution in [2.75, 3.05) is 13.3 Å². The van der Waals surface area contributed by atoms with E-state index in [0.717, 1.165) is 34.8 Å². The van der Waals surface area contributed by atoms with Gasteiger partial charge in [-0.15, -0.1) is 0 Å². The summed E-state index contributed by atoms with van der Waals surface area (Å²) in [4.78, 5) is 22.8. The van der Waals surface area contributed by atoms with E-state index in [2.05, 4.69) is 14.4 Å². The lowest BCUT2D eigenvalue weighted by Gasteiger charge is -2.21. The van der Waals surface area contributed by atoms with E-state index >= 15 is 0 Å². The van der Waals surface area contributed by atoms with Crippen LogP contribution in [0.4, 0.5) is 0 Å². The monoisotopic (exact) mass is 416 g/mol. The SMILES string of the molecule is CC1=NC(N(C)C(=O)Cc2ccc(-c3ccccn3)cc2)SC1=NS(C)(=O)=O. The molecule has 7 nitrogen and oxygen atoms in total. The average molecular weight is 417 g/mol. The molecule has 1 unspecified atom stereocenters. The van der Waals surface area contributed by atoms with Gasteiger partial charge in [-0.1, -0.05) is 42.1 Å². The number of carbonyl (C=O) groups is 1. The molecule has 1 aromatic carbocycles. The fraction of sp³-hybridized carbons (Fsp3) is 0.263. The van der Waals surface area contributed by atoms with Crippen LogP contribution in [-0.2, 0) is 21.2 Å². The van der Waals surface area contributed by atoms with Crippen LogP contribution >= 0.6 is 11.8 Å². The van der Waals surface area contributed by atoms with Gasteiger partial charge >= 0.3 is 0 Å². The minimum absolute atomic E-state index is 0.111. The Bertz CT molecular complexity index is 1030. The van der Waals surface area contributed by atoms with Crippen molar-refractivity contribution in [1.29, 1.82) is 0 Å². The Morgan fingerprint density at radius 3 is 2.54 bits per heavy atom. The Hall–Kier alpha value is -2.52. The van der Waals surface area contributed by atoms with E-state index in [4.69, 9.17) is 0 Å². The van der Waals surface area contributed by atoms with Crippen LogP contribution in [0.1, 0.15) is 12.5 Å². The number of aromatic nitrogens is 1. The van der Waals surface area contributed by atoms with E-state index in [-0.39, 0.29) is 12.3 Å². The summed E-state index contributed by atoms with van der Waals surface area (Å²) in [5.74, 6) is -0.111. The quantitative estimate of drug-likeness (QED) is 0.747. The fourth-order valence-corrected chi connectivity index (χ4v) is 4.51. The standard InChI is InChI=1S/C19H20N4O3S2/c1-13-18(22-28(3,25)26)27-19(21-13)23(2)17(24)12-14-7-9-15(10-8-14)16-6-4-5-11-20-16/h4-11,19H,12H2,1-3H3. The van der Waals surface area contributed by atoms with Crippen LogP contribution in [0.15, 0.2) is 58.1 Å². The molecule has 28 heavy (non-hydrogen) atoms. The van der Waals surface area contributed by atoms with Gasteiger partial charge in [0.25, 0.3) is 10.0 Å².